The molecule has 8 heteroatoms. The number of hydrogen-bond acceptors (Lipinski definition) is 4. The van der Waals surface area contributed by atoms with Gasteiger partial charge in [-0.25, -0.2) is 8.42 Å². The zero-order valence-corrected chi connectivity index (χ0v) is 20.1. The minimum absolute atomic E-state index is 0.0862. The van der Waals surface area contributed by atoms with Crippen molar-refractivity contribution in [2.45, 2.75) is 32.1 Å². The molecule has 1 atom stereocenters. The number of amides is 2. The number of carbonyl (C=O) groups is 2. The van der Waals surface area contributed by atoms with Gasteiger partial charge >= 0.3 is 0 Å². The SMILES string of the molecule is Cc1ccc(NS(=O)(=O)c2ccc(NC(=O)C3CC(=O)N(c4ccc(C)cc4C)C3)cc2)cc1. The summed E-state index contributed by atoms with van der Waals surface area (Å²) in [5, 5.41) is 2.80. The van der Waals surface area contributed by atoms with Crippen LogP contribution in [0.1, 0.15) is 23.1 Å². The van der Waals surface area contributed by atoms with E-state index >= 15 is 0 Å². The monoisotopic (exact) mass is 477 g/mol. The van der Waals surface area contributed by atoms with Crippen LogP contribution in [0, 0.1) is 26.7 Å². The maximum absolute atomic E-state index is 12.8. The highest BCUT2D eigenvalue weighted by molar-refractivity contribution is 7.92. The van der Waals surface area contributed by atoms with Crippen molar-refractivity contribution in [3.8, 4) is 0 Å². The Morgan fingerprint density at radius 2 is 1.50 bits per heavy atom. The maximum Gasteiger partial charge on any atom is 0.261 e. The topological polar surface area (TPSA) is 95.6 Å². The molecule has 0 spiro atoms. The van der Waals surface area contributed by atoms with Crippen LogP contribution in [0.5, 0.6) is 0 Å². The van der Waals surface area contributed by atoms with Crippen molar-refractivity contribution < 1.29 is 18.0 Å². The molecule has 1 heterocycles. The Kier molecular flexibility index (Phi) is 6.43. The third-order valence-corrected chi connectivity index (χ3v) is 7.27. The van der Waals surface area contributed by atoms with Crippen molar-refractivity contribution in [2.24, 2.45) is 5.92 Å². The van der Waals surface area contributed by atoms with Crippen LogP contribution in [-0.4, -0.2) is 26.8 Å². The lowest BCUT2D eigenvalue weighted by Gasteiger charge is -2.19. The van der Waals surface area contributed by atoms with Crippen molar-refractivity contribution in [1.82, 2.24) is 0 Å². The zero-order valence-electron chi connectivity index (χ0n) is 19.3. The highest BCUT2D eigenvalue weighted by atomic mass is 32.2. The summed E-state index contributed by atoms with van der Waals surface area (Å²) in [6, 6.07) is 18.9. The second-order valence-electron chi connectivity index (χ2n) is 8.68. The van der Waals surface area contributed by atoms with Crippen molar-refractivity contribution in [3.05, 3.63) is 83.4 Å². The maximum atomic E-state index is 12.8. The molecule has 3 aromatic rings. The summed E-state index contributed by atoms with van der Waals surface area (Å²) in [4.78, 5) is 27.1. The summed E-state index contributed by atoms with van der Waals surface area (Å²) in [5.74, 6) is -0.843. The van der Waals surface area contributed by atoms with Crippen molar-refractivity contribution in [3.63, 3.8) is 0 Å². The largest absolute Gasteiger partial charge is 0.326 e. The molecule has 7 nitrogen and oxygen atoms in total. The van der Waals surface area contributed by atoms with Crippen LogP contribution in [0.15, 0.2) is 71.6 Å². The lowest BCUT2D eigenvalue weighted by Crippen LogP contribution is -2.28. The van der Waals surface area contributed by atoms with Gasteiger partial charge in [0.1, 0.15) is 0 Å². The third kappa shape index (κ3) is 5.12. The minimum atomic E-state index is -3.75. The summed E-state index contributed by atoms with van der Waals surface area (Å²) in [7, 11) is -3.75. The molecule has 0 saturated carbocycles. The Bertz CT molecular complexity index is 1330. The standard InChI is InChI=1S/C26H27N3O4S/c1-17-4-7-22(8-5-17)28-34(32,33)23-11-9-21(10-12-23)27-26(31)20-15-25(30)29(16-20)24-13-6-18(2)14-19(24)3/h4-14,20,28H,15-16H2,1-3H3,(H,27,31). The zero-order chi connectivity index (χ0) is 24.5. The van der Waals surface area contributed by atoms with E-state index in [0.29, 0.717) is 17.9 Å². The van der Waals surface area contributed by atoms with E-state index in [2.05, 4.69) is 10.0 Å². The predicted molar refractivity (Wildman–Crippen MR) is 133 cm³/mol. The predicted octanol–water partition coefficient (Wildman–Crippen LogP) is 4.40. The molecular formula is C26H27N3O4S. The van der Waals surface area contributed by atoms with E-state index in [-0.39, 0.29) is 23.1 Å². The third-order valence-electron chi connectivity index (χ3n) is 5.87. The van der Waals surface area contributed by atoms with E-state index < -0.39 is 15.9 Å². The Balaban J connectivity index is 1.41. The fraction of sp³-hybridized carbons (Fsp3) is 0.231. The molecule has 1 fully saturated rings. The van der Waals surface area contributed by atoms with Crippen LogP contribution >= 0.6 is 0 Å². The number of anilines is 3. The molecule has 3 aromatic carbocycles. The molecule has 34 heavy (non-hydrogen) atoms. The van der Waals surface area contributed by atoms with E-state index in [1.54, 1.807) is 29.2 Å². The van der Waals surface area contributed by atoms with E-state index in [4.69, 9.17) is 0 Å². The number of benzene rings is 3. The Morgan fingerprint density at radius 3 is 2.15 bits per heavy atom. The normalized spacial score (nSPS) is 15.9. The van der Waals surface area contributed by atoms with Crippen LogP contribution in [0.2, 0.25) is 0 Å². The Hall–Kier alpha value is -3.65. The number of aryl methyl sites for hydroxylation is 3. The lowest BCUT2D eigenvalue weighted by atomic mass is 10.1. The van der Waals surface area contributed by atoms with Gasteiger partial charge in [-0.05, 0) is 68.8 Å². The number of carbonyl (C=O) groups excluding carboxylic acids is 2. The first-order valence-electron chi connectivity index (χ1n) is 11.0. The van der Waals surface area contributed by atoms with Gasteiger partial charge in [-0.1, -0.05) is 35.4 Å². The molecule has 0 bridgehead atoms. The Labute approximate surface area is 199 Å². The second kappa shape index (κ2) is 9.30. The average molecular weight is 478 g/mol. The van der Waals surface area contributed by atoms with E-state index in [0.717, 1.165) is 22.4 Å². The van der Waals surface area contributed by atoms with Crippen LogP contribution in [0.4, 0.5) is 17.1 Å². The molecule has 0 radical (unpaired) electrons. The van der Waals surface area contributed by atoms with Crippen LogP contribution in [0.3, 0.4) is 0 Å². The summed E-state index contributed by atoms with van der Waals surface area (Å²) >= 11 is 0. The van der Waals surface area contributed by atoms with Gasteiger partial charge in [0.25, 0.3) is 10.0 Å². The van der Waals surface area contributed by atoms with Gasteiger partial charge in [0.05, 0.1) is 10.8 Å². The van der Waals surface area contributed by atoms with E-state index in [1.807, 2.05) is 51.1 Å². The molecule has 176 valence electrons. The molecular weight excluding hydrogens is 450 g/mol. The highest BCUT2D eigenvalue weighted by Crippen LogP contribution is 2.29. The smallest absolute Gasteiger partial charge is 0.261 e. The molecule has 2 N–H and O–H groups in total. The first-order valence-corrected chi connectivity index (χ1v) is 12.5. The summed E-state index contributed by atoms with van der Waals surface area (Å²) in [6.45, 7) is 6.18. The number of hydrogen-bond donors (Lipinski definition) is 2. The van der Waals surface area contributed by atoms with Gasteiger partial charge in [-0.15, -0.1) is 0 Å². The van der Waals surface area contributed by atoms with Crippen LogP contribution in [-0.2, 0) is 19.6 Å². The minimum Gasteiger partial charge on any atom is -0.326 e. The van der Waals surface area contributed by atoms with Crippen molar-refractivity contribution in [2.75, 3.05) is 21.5 Å². The van der Waals surface area contributed by atoms with E-state index in [1.165, 1.54) is 12.1 Å². The molecule has 4 rings (SSSR count). The highest BCUT2D eigenvalue weighted by Gasteiger charge is 2.35. The summed E-state index contributed by atoms with van der Waals surface area (Å²) < 4.78 is 27.8. The van der Waals surface area contributed by atoms with Gasteiger partial charge in [0.2, 0.25) is 11.8 Å². The molecule has 1 aliphatic rings. The molecule has 1 aliphatic heterocycles. The fourth-order valence-corrected chi connectivity index (χ4v) is 5.08. The van der Waals surface area contributed by atoms with Gasteiger partial charge in [-0.3, -0.25) is 14.3 Å². The average Bonchev–Trinajstić information content (AvgIpc) is 3.17. The molecule has 0 aromatic heterocycles. The van der Waals surface area contributed by atoms with Gasteiger partial charge < -0.3 is 10.2 Å². The van der Waals surface area contributed by atoms with Crippen molar-refractivity contribution >= 4 is 38.9 Å². The molecule has 1 saturated heterocycles. The van der Waals surface area contributed by atoms with Gasteiger partial charge in [0.15, 0.2) is 0 Å². The first-order chi connectivity index (χ1) is 16.1. The van der Waals surface area contributed by atoms with E-state index in [9.17, 15) is 18.0 Å². The summed E-state index contributed by atoms with van der Waals surface area (Å²) in [6.07, 6.45) is 0.131. The van der Waals surface area contributed by atoms with Gasteiger partial charge in [-0.2, -0.15) is 0 Å². The molecule has 1 unspecified atom stereocenters. The number of rotatable bonds is 6. The van der Waals surface area contributed by atoms with Crippen molar-refractivity contribution in [1.29, 1.82) is 0 Å². The molecule has 2 amide bonds. The van der Waals surface area contributed by atoms with Crippen LogP contribution in [0.25, 0.3) is 0 Å². The summed E-state index contributed by atoms with van der Waals surface area (Å²) in [5.41, 5.74) is 4.90. The lowest BCUT2D eigenvalue weighted by molar-refractivity contribution is -0.122. The number of nitrogens with one attached hydrogen (secondary N) is 2. The second-order valence-corrected chi connectivity index (χ2v) is 10.4. The first kappa shape index (κ1) is 23.5. The van der Waals surface area contributed by atoms with Gasteiger partial charge in [0, 0.05) is 30.0 Å². The quantitative estimate of drug-likeness (QED) is 0.550. The fourth-order valence-electron chi connectivity index (χ4n) is 4.02. The number of nitrogens with zero attached hydrogens (tertiary/aromatic N) is 1. The number of sulfonamides is 1. The Morgan fingerprint density at radius 1 is 0.882 bits per heavy atom. The molecule has 0 aliphatic carbocycles. The van der Waals surface area contributed by atoms with Crippen LogP contribution < -0.4 is 14.9 Å².